The number of hydrogen-bond donors (Lipinski definition) is 7. The summed E-state index contributed by atoms with van der Waals surface area (Å²) in [5, 5.41) is 18.0. The van der Waals surface area contributed by atoms with E-state index < -0.39 is 53.4 Å². The highest BCUT2D eigenvalue weighted by atomic mass is 16.4. The predicted molar refractivity (Wildman–Crippen MR) is 187 cm³/mol. The molecule has 0 aliphatic carbocycles. The summed E-state index contributed by atoms with van der Waals surface area (Å²) in [4.78, 5) is 67.7. The number of carbonyl (C=O) groups excluding carboxylic acids is 4. The van der Waals surface area contributed by atoms with E-state index in [0.717, 1.165) is 11.1 Å². The Morgan fingerprint density at radius 3 is 1.82 bits per heavy atom. The van der Waals surface area contributed by atoms with Crippen LogP contribution in [0.1, 0.15) is 63.5 Å². The number of aliphatic carboxylic acids is 1. The Kier molecular flexibility index (Phi) is 15.2. The quantitative estimate of drug-likeness (QED) is 0.111. The van der Waals surface area contributed by atoms with Gasteiger partial charge in [-0.2, -0.15) is 0 Å². The summed E-state index contributed by atoms with van der Waals surface area (Å²) in [6, 6.07) is 14.7. The number of piperidine rings is 1. The molecule has 0 bridgehead atoms. The minimum Gasteiger partial charge on any atom is -0.480 e. The van der Waals surface area contributed by atoms with Crippen molar-refractivity contribution in [2.75, 3.05) is 19.6 Å². The Labute approximate surface area is 288 Å². The van der Waals surface area contributed by atoms with E-state index in [0.29, 0.717) is 25.8 Å². The van der Waals surface area contributed by atoms with Crippen molar-refractivity contribution < 1.29 is 29.1 Å². The molecule has 1 aliphatic rings. The van der Waals surface area contributed by atoms with Gasteiger partial charge in [-0.25, -0.2) is 0 Å². The van der Waals surface area contributed by atoms with Crippen molar-refractivity contribution in [2.45, 2.75) is 94.9 Å². The summed E-state index contributed by atoms with van der Waals surface area (Å²) in [6.07, 6.45) is 2.44. The number of carboxylic acids is 1. The van der Waals surface area contributed by atoms with Crippen LogP contribution in [-0.2, 0) is 36.8 Å². The first-order valence-electron chi connectivity index (χ1n) is 17.1. The standard InChI is InChI=1S/C36H53N7O6/c1-24(2)21-29(32(45)40-28(15-9-10-18-37)34(47)43-19-16-36(39,17-20-43)35(48)49)42-33(46)30(23-26-13-7-4-8-14-26)41-31(44)27(38)22-25-11-5-3-6-12-25/h3-8,11-14,24,27-30H,9-10,15-23,37-39H2,1-2H3,(H,40,45)(H,41,44)(H,42,46)(H,48,49)/t27-,28+,29+,30+/m1/s1. The first-order chi connectivity index (χ1) is 23.3. The average Bonchev–Trinajstić information content (AvgIpc) is 3.07. The number of nitrogens with zero attached hydrogens (tertiary/aromatic N) is 1. The maximum atomic E-state index is 13.9. The maximum Gasteiger partial charge on any atom is 0.323 e. The lowest BCUT2D eigenvalue weighted by Gasteiger charge is -2.38. The second-order valence-corrected chi connectivity index (χ2v) is 13.4. The molecule has 0 spiro atoms. The van der Waals surface area contributed by atoms with Gasteiger partial charge >= 0.3 is 5.97 Å². The maximum absolute atomic E-state index is 13.9. The van der Waals surface area contributed by atoms with Gasteiger partial charge in [0.15, 0.2) is 0 Å². The van der Waals surface area contributed by atoms with Crippen molar-refractivity contribution in [3.63, 3.8) is 0 Å². The van der Waals surface area contributed by atoms with Crippen molar-refractivity contribution in [2.24, 2.45) is 23.1 Å². The zero-order valence-electron chi connectivity index (χ0n) is 28.6. The number of hydrogen-bond acceptors (Lipinski definition) is 8. The fourth-order valence-corrected chi connectivity index (χ4v) is 5.86. The molecule has 13 heteroatoms. The molecule has 10 N–H and O–H groups in total. The number of rotatable bonds is 18. The van der Waals surface area contributed by atoms with Crippen LogP contribution in [0, 0.1) is 5.92 Å². The van der Waals surface area contributed by atoms with Crippen LogP contribution >= 0.6 is 0 Å². The van der Waals surface area contributed by atoms with Crippen LogP contribution in [0.5, 0.6) is 0 Å². The molecular weight excluding hydrogens is 626 g/mol. The molecule has 268 valence electrons. The molecule has 0 unspecified atom stereocenters. The fraction of sp³-hybridized carbons (Fsp3) is 0.528. The predicted octanol–water partition coefficient (Wildman–Crippen LogP) is 0.833. The smallest absolute Gasteiger partial charge is 0.323 e. The first-order valence-corrected chi connectivity index (χ1v) is 17.1. The number of amides is 4. The van der Waals surface area contributed by atoms with Gasteiger partial charge in [0, 0.05) is 19.5 Å². The van der Waals surface area contributed by atoms with Gasteiger partial charge in [0.05, 0.1) is 6.04 Å². The fourth-order valence-electron chi connectivity index (χ4n) is 5.86. The number of carboxylic acid groups (broad SMARTS) is 1. The molecule has 1 saturated heterocycles. The minimum absolute atomic E-state index is 0.000286. The molecule has 1 heterocycles. The van der Waals surface area contributed by atoms with Crippen LogP contribution in [0.25, 0.3) is 0 Å². The first kappa shape index (κ1) is 39.1. The van der Waals surface area contributed by atoms with Crippen molar-refractivity contribution >= 4 is 29.6 Å². The summed E-state index contributed by atoms with van der Waals surface area (Å²) < 4.78 is 0. The molecule has 49 heavy (non-hydrogen) atoms. The molecule has 0 radical (unpaired) electrons. The number of nitrogens with one attached hydrogen (secondary N) is 3. The van der Waals surface area contributed by atoms with Gasteiger partial charge in [-0.1, -0.05) is 74.5 Å². The number of likely N-dealkylation sites (tertiary alicyclic amines) is 1. The monoisotopic (exact) mass is 679 g/mol. The van der Waals surface area contributed by atoms with Crippen molar-refractivity contribution in [1.29, 1.82) is 0 Å². The highest BCUT2D eigenvalue weighted by Gasteiger charge is 2.40. The summed E-state index contributed by atoms with van der Waals surface area (Å²) in [5.74, 6) is -3.04. The van der Waals surface area contributed by atoms with Crippen LogP contribution in [0.3, 0.4) is 0 Å². The second kappa shape index (κ2) is 19.0. The SMILES string of the molecule is CC(C)C[C@H](NC(=O)[C@H](Cc1ccccc1)NC(=O)[C@H](N)Cc1ccccc1)C(=O)N[C@@H](CCCCN)C(=O)N1CCC(N)(C(=O)O)CC1. The van der Waals surface area contributed by atoms with Crippen LogP contribution in [-0.4, -0.2) is 88.9 Å². The van der Waals surface area contributed by atoms with Gasteiger partial charge in [0.1, 0.15) is 23.7 Å². The molecule has 4 atom stereocenters. The van der Waals surface area contributed by atoms with E-state index in [1.165, 1.54) is 4.90 Å². The zero-order valence-corrected chi connectivity index (χ0v) is 28.6. The van der Waals surface area contributed by atoms with E-state index in [2.05, 4.69) is 16.0 Å². The largest absolute Gasteiger partial charge is 0.480 e. The minimum atomic E-state index is -1.40. The normalized spacial score (nSPS) is 16.6. The summed E-state index contributed by atoms with van der Waals surface area (Å²) in [6.45, 7) is 4.53. The topological polar surface area (TPSA) is 223 Å². The third-order valence-corrected chi connectivity index (χ3v) is 8.85. The van der Waals surface area contributed by atoms with Gasteiger partial charge in [-0.3, -0.25) is 24.0 Å². The van der Waals surface area contributed by atoms with Crippen LogP contribution < -0.4 is 33.2 Å². The van der Waals surface area contributed by atoms with Gasteiger partial charge in [-0.15, -0.1) is 0 Å². The van der Waals surface area contributed by atoms with Crippen LogP contribution in [0.4, 0.5) is 0 Å². The number of benzene rings is 2. The molecule has 13 nitrogen and oxygen atoms in total. The summed E-state index contributed by atoms with van der Waals surface area (Å²) in [5.41, 5.74) is 18.2. The van der Waals surface area contributed by atoms with Crippen LogP contribution in [0.2, 0.25) is 0 Å². The Hall–Kier alpha value is -4.33. The lowest BCUT2D eigenvalue weighted by molar-refractivity contribution is -0.148. The van der Waals surface area contributed by atoms with Crippen LogP contribution in [0.15, 0.2) is 60.7 Å². The number of unbranched alkanes of at least 4 members (excludes halogenated alkanes) is 1. The van der Waals surface area contributed by atoms with E-state index in [1.54, 1.807) is 0 Å². The average molecular weight is 680 g/mol. The molecular formula is C36H53N7O6. The molecule has 0 saturated carbocycles. The third kappa shape index (κ3) is 12.3. The number of nitrogens with two attached hydrogens (primary N) is 3. The zero-order chi connectivity index (χ0) is 36.0. The molecule has 0 aromatic heterocycles. The Morgan fingerprint density at radius 1 is 0.776 bits per heavy atom. The molecule has 1 fully saturated rings. The van der Waals surface area contributed by atoms with Crippen molar-refractivity contribution in [1.82, 2.24) is 20.9 Å². The Bertz CT molecular complexity index is 1380. The highest BCUT2D eigenvalue weighted by molar-refractivity contribution is 5.95. The van der Waals surface area contributed by atoms with E-state index in [9.17, 15) is 29.1 Å². The molecule has 2 aromatic carbocycles. The van der Waals surface area contributed by atoms with E-state index in [1.807, 2.05) is 74.5 Å². The molecule has 3 rings (SSSR count). The van der Waals surface area contributed by atoms with Gasteiger partial charge < -0.3 is 43.2 Å². The Balaban J connectivity index is 1.77. The lowest BCUT2D eigenvalue weighted by atomic mass is 9.88. The van der Waals surface area contributed by atoms with Crippen molar-refractivity contribution in [3.05, 3.63) is 71.8 Å². The molecule has 4 amide bonds. The van der Waals surface area contributed by atoms with Gasteiger partial charge in [-0.05, 0) is 68.5 Å². The Morgan fingerprint density at radius 2 is 1.29 bits per heavy atom. The lowest BCUT2D eigenvalue weighted by Crippen LogP contribution is -2.60. The molecule has 1 aliphatic heterocycles. The second-order valence-electron chi connectivity index (χ2n) is 13.4. The molecule has 2 aromatic rings. The summed E-state index contributed by atoms with van der Waals surface area (Å²) >= 11 is 0. The third-order valence-electron chi connectivity index (χ3n) is 8.85. The summed E-state index contributed by atoms with van der Waals surface area (Å²) in [7, 11) is 0. The number of carbonyl (C=O) groups is 5. The van der Waals surface area contributed by atoms with Gasteiger partial charge in [0.25, 0.3) is 0 Å². The van der Waals surface area contributed by atoms with E-state index in [-0.39, 0.29) is 57.0 Å². The van der Waals surface area contributed by atoms with Gasteiger partial charge in [0.2, 0.25) is 23.6 Å². The highest BCUT2D eigenvalue weighted by Crippen LogP contribution is 2.21. The van der Waals surface area contributed by atoms with Crippen molar-refractivity contribution in [3.8, 4) is 0 Å². The van der Waals surface area contributed by atoms with E-state index >= 15 is 0 Å². The van der Waals surface area contributed by atoms with E-state index in [4.69, 9.17) is 17.2 Å².